The third kappa shape index (κ3) is 2.79. The molecule has 0 fully saturated rings. The second-order valence-corrected chi connectivity index (χ2v) is 4.97. The molecule has 1 unspecified atom stereocenters. The molecule has 0 aliphatic heterocycles. The fourth-order valence-electron chi connectivity index (χ4n) is 2.04. The van der Waals surface area contributed by atoms with Crippen LogP contribution in [0.25, 0.3) is 0 Å². The van der Waals surface area contributed by atoms with Crippen molar-refractivity contribution in [2.75, 3.05) is 7.11 Å². The Labute approximate surface area is 113 Å². The summed E-state index contributed by atoms with van der Waals surface area (Å²) in [6.07, 6.45) is 2.95. The van der Waals surface area contributed by atoms with E-state index in [0.29, 0.717) is 0 Å². The Morgan fingerprint density at radius 3 is 2.58 bits per heavy atom. The number of hydrogen-bond donors (Lipinski definition) is 1. The zero-order chi connectivity index (χ0) is 14.0. The van der Waals surface area contributed by atoms with E-state index in [1.165, 1.54) is 0 Å². The lowest BCUT2D eigenvalue weighted by molar-refractivity contribution is 0.219. The quantitative estimate of drug-likeness (QED) is 0.919. The molecule has 0 saturated heterocycles. The molecule has 1 atom stereocenters. The van der Waals surface area contributed by atoms with Crippen LogP contribution in [-0.2, 0) is 0 Å². The smallest absolute Gasteiger partial charge is 0.119 e. The molecule has 0 saturated carbocycles. The molecule has 0 radical (unpaired) electrons. The first-order valence-corrected chi connectivity index (χ1v) is 6.39. The second kappa shape index (κ2) is 5.45. The summed E-state index contributed by atoms with van der Waals surface area (Å²) in [6, 6.07) is 5.97. The van der Waals surface area contributed by atoms with E-state index in [0.717, 1.165) is 22.4 Å². The molecule has 4 nitrogen and oxygen atoms in total. The maximum absolute atomic E-state index is 10.4. The molecular formula is C15H20N2O2. The number of benzene rings is 1. The van der Waals surface area contributed by atoms with Gasteiger partial charge in [0.25, 0.3) is 0 Å². The summed E-state index contributed by atoms with van der Waals surface area (Å²) in [7, 11) is 1.64. The fourth-order valence-corrected chi connectivity index (χ4v) is 2.04. The zero-order valence-electron chi connectivity index (χ0n) is 11.8. The molecule has 19 heavy (non-hydrogen) atoms. The highest BCUT2D eigenvalue weighted by Crippen LogP contribution is 2.27. The van der Waals surface area contributed by atoms with Crippen LogP contribution in [0.2, 0.25) is 0 Å². The summed E-state index contributed by atoms with van der Waals surface area (Å²) in [5.74, 6) is 0.798. The Balaban J connectivity index is 2.30. The van der Waals surface area contributed by atoms with E-state index in [1.54, 1.807) is 13.3 Å². The van der Waals surface area contributed by atoms with Gasteiger partial charge in [-0.2, -0.15) is 5.10 Å². The van der Waals surface area contributed by atoms with Crippen molar-refractivity contribution in [1.82, 2.24) is 9.78 Å². The van der Waals surface area contributed by atoms with Crippen LogP contribution in [0.3, 0.4) is 0 Å². The average molecular weight is 260 g/mol. The predicted octanol–water partition coefficient (Wildman–Crippen LogP) is 2.86. The van der Waals surface area contributed by atoms with Gasteiger partial charge in [0.2, 0.25) is 0 Å². The van der Waals surface area contributed by atoms with E-state index in [2.05, 4.69) is 18.9 Å². The molecule has 0 aliphatic carbocycles. The predicted molar refractivity (Wildman–Crippen MR) is 74.4 cm³/mol. The van der Waals surface area contributed by atoms with Gasteiger partial charge in [0.15, 0.2) is 0 Å². The van der Waals surface area contributed by atoms with Crippen molar-refractivity contribution < 1.29 is 9.84 Å². The number of ether oxygens (including phenoxy) is 1. The Hall–Kier alpha value is -1.81. The minimum absolute atomic E-state index is 0.290. The number of aliphatic hydroxyl groups is 1. The molecule has 0 amide bonds. The molecule has 4 heteroatoms. The van der Waals surface area contributed by atoms with Crippen molar-refractivity contribution in [3.63, 3.8) is 0 Å². The number of nitrogens with zero attached hydrogens (tertiary/aromatic N) is 2. The molecular weight excluding hydrogens is 240 g/mol. The van der Waals surface area contributed by atoms with Crippen molar-refractivity contribution in [1.29, 1.82) is 0 Å². The van der Waals surface area contributed by atoms with Gasteiger partial charge in [0, 0.05) is 17.8 Å². The average Bonchev–Trinajstić information content (AvgIpc) is 2.87. The molecule has 0 aliphatic rings. The van der Waals surface area contributed by atoms with Gasteiger partial charge in [-0.15, -0.1) is 0 Å². The van der Waals surface area contributed by atoms with Crippen molar-refractivity contribution in [3.8, 4) is 5.75 Å². The van der Waals surface area contributed by atoms with E-state index in [4.69, 9.17) is 4.74 Å². The molecule has 1 N–H and O–H groups in total. The molecule has 2 aromatic rings. The van der Waals surface area contributed by atoms with Gasteiger partial charge in [-0.1, -0.05) is 6.07 Å². The SMILES string of the molecule is COc1ccc(C(O)c2cnn(C(C)C)c2)c(C)c1. The first kappa shape index (κ1) is 13.6. The molecule has 102 valence electrons. The van der Waals surface area contributed by atoms with Crippen molar-refractivity contribution in [3.05, 3.63) is 47.3 Å². The minimum Gasteiger partial charge on any atom is -0.497 e. The first-order valence-electron chi connectivity index (χ1n) is 6.39. The Kier molecular flexibility index (Phi) is 3.90. The van der Waals surface area contributed by atoms with Crippen LogP contribution in [0, 0.1) is 6.92 Å². The highest BCUT2D eigenvalue weighted by atomic mass is 16.5. The zero-order valence-corrected chi connectivity index (χ0v) is 11.8. The third-order valence-electron chi connectivity index (χ3n) is 3.24. The van der Waals surface area contributed by atoms with Crippen LogP contribution in [-0.4, -0.2) is 22.0 Å². The van der Waals surface area contributed by atoms with Crippen LogP contribution in [0.15, 0.2) is 30.6 Å². The Morgan fingerprint density at radius 1 is 1.32 bits per heavy atom. The summed E-state index contributed by atoms with van der Waals surface area (Å²) in [4.78, 5) is 0. The lowest BCUT2D eigenvalue weighted by Crippen LogP contribution is -2.03. The van der Waals surface area contributed by atoms with Gasteiger partial charge in [0.1, 0.15) is 11.9 Å². The van der Waals surface area contributed by atoms with Crippen LogP contribution < -0.4 is 4.74 Å². The minimum atomic E-state index is -0.654. The molecule has 1 heterocycles. The van der Waals surface area contributed by atoms with Crippen molar-refractivity contribution in [2.24, 2.45) is 0 Å². The number of rotatable bonds is 4. The summed E-state index contributed by atoms with van der Waals surface area (Å²) in [5.41, 5.74) is 2.69. The number of aryl methyl sites for hydroxylation is 1. The largest absolute Gasteiger partial charge is 0.497 e. The maximum Gasteiger partial charge on any atom is 0.119 e. The van der Waals surface area contributed by atoms with Crippen LogP contribution in [0.5, 0.6) is 5.75 Å². The Bertz CT molecular complexity index is 561. The van der Waals surface area contributed by atoms with Crippen molar-refractivity contribution in [2.45, 2.75) is 32.9 Å². The first-order chi connectivity index (χ1) is 9.02. The van der Waals surface area contributed by atoms with Crippen LogP contribution in [0.1, 0.15) is 42.7 Å². The van der Waals surface area contributed by atoms with Crippen molar-refractivity contribution >= 4 is 0 Å². The monoisotopic (exact) mass is 260 g/mol. The van der Waals surface area contributed by atoms with Gasteiger partial charge >= 0.3 is 0 Å². The van der Waals surface area contributed by atoms with Gasteiger partial charge in [-0.05, 0) is 44.0 Å². The molecule has 0 spiro atoms. The number of aliphatic hydroxyl groups excluding tert-OH is 1. The summed E-state index contributed by atoms with van der Waals surface area (Å²) in [6.45, 7) is 6.08. The van der Waals surface area contributed by atoms with Gasteiger partial charge < -0.3 is 9.84 Å². The normalized spacial score (nSPS) is 12.7. The number of methoxy groups -OCH3 is 1. The lowest BCUT2D eigenvalue weighted by atomic mass is 9.99. The highest BCUT2D eigenvalue weighted by molar-refractivity contribution is 5.39. The molecule has 2 rings (SSSR count). The van der Waals surface area contributed by atoms with Gasteiger partial charge in [0.05, 0.1) is 13.3 Å². The lowest BCUT2D eigenvalue weighted by Gasteiger charge is -2.13. The van der Waals surface area contributed by atoms with E-state index in [9.17, 15) is 5.11 Å². The van der Waals surface area contributed by atoms with E-state index < -0.39 is 6.10 Å². The number of aromatic nitrogens is 2. The molecule has 0 bridgehead atoms. The fraction of sp³-hybridized carbons (Fsp3) is 0.400. The van der Waals surface area contributed by atoms with E-state index in [1.807, 2.05) is 36.0 Å². The Morgan fingerprint density at radius 2 is 2.05 bits per heavy atom. The van der Waals surface area contributed by atoms with Crippen LogP contribution >= 0.6 is 0 Å². The van der Waals surface area contributed by atoms with E-state index in [-0.39, 0.29) is 6.04 Å². The molecule has 1 aromatic carbocycles. The van der Waals surface area contributed by atoms with Crippen LogP contribution in [0.4, 0.5) is 0 Å². The standard InChI is InChI=1S/C15H20N2O2/c1-10(2)17-9-12(8-16-17)15(18)14-6-5-13(19-4)7-11(14)3/h5-10,15,18H,1-4H3. The van der Waals surface area contributed by atoms with Gasteiger partial charge in [-0.25, -0.2) is 0 Å². The molecule has 1 aromatic heterocycles. The topological polar surface area (TPSA) is 47.3 Å². The van der Waals surface area contributed by atoms with Gasteiger partial charge in [-0.3, -0.25) is 4.68 Å². The second-order valence-electron chi connectivity index (χ2n) is 4.97. The third-order valence-corrected chi connectivity index (χ3v) is 3.24. The highest BCUT2D eigenvalue weighted by Gasteiger charge is 2.15. The summed E-state index contributed by atoms with van der Waals surface area (Å²) in [5, 5.41) is 14.7. The maximum atomic E-state index is 10.4. The summed E-state index contributed by atoms with van der Waals surface area (Å²) < 4.78 is 7.02. The van der Waals surface area contributed by atoms with E-state index >= 15 is 0 Å². The number of hydrogen-bond acceptors (Lipinski definition) is 3. The summed E-state index contributed by atoms with van der Waals surface area (Å²) >= 11 is 0.